The van der Waals surface area contributed by atoms with Crippen molar-refractivity contribution in [2.45, 2.75) is 98.3 Å². The van der Waals surface area contributed by atoms with Crippen LogP contribution in [0, 0.1) is 0 Å². The van der Waals surface area contributed by atoms with Gasteiger partial charge in [-0.2, -0.15) is 0 Å². The molecule has 0 spiro atoms. The Hall–Kier alpha value is 0.0569. The molecule has 0 saturated heterocycles. The fourth-order valence-electron chi connectivity index (χ4n) is 2.18. The van der Waals surface area contributed by atoms with Crippen LogP contribution in [0.25, 0.3) is 0 Å². The minimum absolute atomic E-state index is 0.663. The number of rotatable bonds is 19. The molecule has 146 valence electrons. The smallest absolute Gasteiger partial charge is 0.351 e. The molecule has 0 aliphatic carbocycles. The monoisotopic (exact) mass is 362 g/mol. The molecule has 0 aromatic heterocycles. The van der Waals surface area contributed by atoms with Gasteiger partial charge in [-0.15, -0.1) is 0 Å². The minimum atomic E-state index is -2.98. The first-order chi connectivity index (χ1) is 11.7. The van der Waals surface area contributed by atoms with Crippen molar-refractivity contribution in [1.82, 2.24) is 0 Å². The molecule has 24 heavy (non-hydrogen) atoms. The van der Waals surface area contributed by atoms with Crippen molar-refractivity contribution in [3.63, 3.8) is 0 Å². The predicted molar refractivity (Wildman–Crippen MR) is 103 cm³/mol. The summed E-state index contributed by atoms with van der Waals surface area (Å²) >= 11 is 0. The van der Waals surface area contributed by atoms with E-state index in [1.54, 1.807) is 0 Å². The second kappa shape index (κ2) is 17.9. The zero-order chi connectivity index (χ0) is 17.9. The fourth-order valence-corrected chi connectivity index (χ4v) is 4.25. The van der Waals surface area contributed by atoms with Gasteiger partial charge in [0, 0.05) is 26.4 Å². The minimum Gasteiger partial charge on any atom is -0.351 e. The molecule has 0 unspecified atom stereocenters. The maximum atomic E-state index is 6.12. The van der Waals surface area contributed by atoms with Gasteiger partial charge < -0.3 is 17.7 Å². The molecule has 5 heteroatoms. The van der Waals surface area contributed by atoms with Gasteiger partial charge in [0.1, 0.15) is 0 Å². The average Bonchev–Trinajstić information content (AvgIpc) is 2.58. The van der Waals surface area contributed by atoms with Gasteiger partial charge in [-0.1, -0.05) is 72.6 Å². The van der Waals surface area contributed by atoms with Crippen molar-refractivity contribution in [3.8, 4) is 0 Å². The molecular weight excluding hydrogens is 320 g/mol. The summed E-state index contributed by atoms with van der Waals surface area (Å²) in [4.78, 5) is 0. The van der Waals surface area contributed by atoms with Crippen LogP contribution in [-0.2, 0) is 17.7 Å². The van der Waals surface area contributed by atoms with Crippen LogP contribution in [-0.4, -0.2) is 35.5 Å². The van der Waals surface area contributed by atoms with Crippen LogP contribution in [0.1, 0.15) is 98.3 Å². The van der Waals surface area contributed by atoms with Crippen LogP contribution < -0.4 is 0 Å². The molecule has 0 heterocycles. The molecule has 0 saturated carbocycles. The molecule has 0 aliphatic heterocycles. The number of hydrogen-bond donors (Lipinski definition) is 0. The van der Waals surface area contributed by atoms with E-state index in [4.69, 9.17) is 17.7 Å². The van der Waals surface area contributed by atoms with E-state index >= 15 is 0 Å². The van der Waals surface area contributed by atoms with E-state index in [1.807, 2.05) is 0 Å². The normalized spacial score (nSPS) is 12.0. The second-order valence-corrected chi connectivity index (χ2v) is 8.52. The zero-order valence-corrected chi connectivity index (χ0v) is 17.7. The Morgan fingerprint density at radius 3 is 1.12 bits per heavy atom. The maximum absolute atomic E-state index is 6.12. The van der Waals surface area contributed by atoms with Crippen molar-refractivity contribution < 1.29 is 17.7 Å². The molecule has 0 atom stereocenters. The Morgan fingerprint density at radius 1 is 0.417 bits per heavy atom. The van der Waals surface area contributed by atoms with E-state index in [2.05, 4.69) is 27.7 Å². The lowest BCUT2D eigenvalue weighted by molar-refractivity contribution is -0.0370. The number of unbranched alkanes of at least 4 members (excludes halogenated alkanes) is 7. The van der Waals surface area contributed by atoms with Crippen molar-refractivity contribution in [2.24, 2.45) is 0 Å². The van der Waals surface area contributed by atoms with E-state index in [1.165, 1.54) is 25.7 Å². The van der Waals surface area contributed by atoms with E-state index in [9.17, 15) is 0 Å². The van der Waals surface area contributed by atoms with Gasteiger partial charge in [-0.05, 0) is 25.7 Å². The van der Waals surface area contributed by atoms with Crippen molar-refractivity contribution >= 4 is 9.05 Å². The summed E-state index contributed by atoms with van der Waals surface area (Å²) in [6.07, 6.45) is 12.5. The highest BCUT2D eigenvalue weighted by Gasteiger charge is 2.45. The highest BCUT2D eigenvalue weighted by molar-refractivity contribution is 6.53. The molecule has 0 bridgehead atoms. The largest absolute Gasteiger partial charge is 0.679 e. The van der Waals surface area contributed by atoms with E-state index in [-0.39, 0.29) is 0 Å². The zero-order valence-electron chi connectivity index (χ0n) is 16.7. The van der Waals surface area contributed by atoms with Crippen LogP contribution in [0.3, 0.4) is 0 Å². The van der Waals surface area contributed by atoms with E-state index in [0.717, 1.165) is 44.9 Å². The predicted octanol–water partition coefficient (Wildman–Crippen LogP) is 5.86. The van der Waals surface area contributed by atoms with Gasteiger partial charge in [0.2, 0.25) is 0 Å². The molecule has 0 aromatic rings. The lowest BCUT2D eigenvalue weighted by Crippen LogP contribution is -2.50. The average molecular weight is 363 g/mol. The lowest BCUT2D eigenvalue weighted by atomic mass is 10.2. The first kappa shape index (κ1) is 24.1. The van der Waals surface area contributed by atoms with Gasteiger partial charge in [0.25, 0.3) is 0 Å². The topological polar surface area (TPSA) is 36.9 Å². The van der Waals surface area contributed by atoms with Crippen LogP contribution >= 0.6 is 0 Å². The first-order valence-corrected chi connectivity index (χ1v) is 11.9. The number of hydrogen-bond acceptors (Lipinski definition) is 4. The molecule has 0 N–H and O–H groups in total. The third-order valence-corrected chi connectivity index (χ3v) is 6.09. The van der Waals surface area contributed by atoms with Gasteiger partial charge in [0.05, 0.1) is 0 Å². The van der Waals surface area contributed by atoms with Gasteiger partial charge >= 0.3 is 9.05 Å². The van der Waals surface area contributed by atoms with Crippen LogP contribution in [0.15, 0.2) is 0 Å². The summed E-state index contributed by atoms with van der Waals surface area (Å²) in [7, 11) is -2.98. The van der Waals surface area contributed by atoms with E-state index in [0.29, 0.717) is 26.4 Å². The summed E-state index contributed by atoms with van der Waals surface area (Å²) in [6.45, 7) is 11.4. The fraction of sp³-hybridized carbons (Fsp3) is 1.00. The summed E-state index contributed by atoms with van der Waals surface area (Å²) < 4.78 is 24.3. The van der Waals surface area contributed by atoms with Crippen molar-refractivity contribution in [2.75, 3.05) is 26.4 Å². The summed E-state index contributed by atoms with van der Waals surface area (Å²) in [5, 5.41) is 0. The van der Waals surface area contributed by atoms with E-state index < -0.39 is 9.05 Å². The standard InChI is InChI=1S/C19H42O4Si/c1-5-9-13-14-15-19-23-24(20-16-10-6-2,21-17-11-7-3)22-18-12-8-4/h5-19H2,1-4H3. The molecule has 0 aromatic carbocycles. The van der Waals surface area contributed by atoms with Crippen LogP contribution in [0.4, 0.5) is 0 Å². The van der Waals surface area contributed by atoms with Crippen LogP contribution in [0.5, 0.6) is 0 Å². The molecular formula is C19H42O4Si. The van der Waals surface area contributed by atoms with Crippen LogP contribution in [0.2, 0.25) is 0 Å². The maximum Gasteiger partial charge on any atom is 0.679 e. The van der Waals surface area contributed by atoms with Gasteiger partial charge in [-0.3, -0.25) is 0 Å². The Balaban J connectivity index is 4.48. The van der Waals surface area contributed by atoms with Gasteiger partial charge in [0.15, 0.2) is 0 Å². The Kier molecular flexibility index (Phi) is 17.9. The Labute approximate surface area is 152 Å². The highest BCUT2D eigenvalue weighted by atomic mass is 28.4. The third-order valence-electron chi connectivity index (χ3n) is 3.86. The quantitative estimate of drug-likeness (QED) is 0.213. The molecule has 0 rings (SSSR count). The second-order valence-electron chi connectivity index (χ2n) is 6.37. The SMILES string of the molecule is CCCCCCCO[Si](OCCCC)(OCCCC)OCCCC. The Morgan fingerprint density at radius 2 is 0.750 bits per heavy atom. The van der Waals surface area contributed by atoms with Crippen molar-refractivity contribution in [1.29, 1.82) is 0 Å². The molecule has 0 radical (unpaired) electrons. The third kappa shape index (κ3) is 13.4. The summed E-state index contributed by atoms with van der Waals surface area (Å²) in [5.41, 5.74) is 0. The first-order valence-electron chi connectivity index (χ1n) is 10.3. The molecule has 0 amide bonds. The lowest BCUT2D eigenvalue weighted by Gasteiger charge is -2.28. The Bertz CT molecular complexity index is 225. The highest BCUT2D eigenvalue weighted by Crippen LogP contribution is 2.16. The summed E-state index contributed by atoms with van der Waals surface area (Å²) in [6, 6.07) is 0. The molecule has 0 fully saturated rings. The molecule has 0 aliphatic rings. The van der Waals surface area contributed by atoms with Crippen molar-refractivity contribution in [3.05, 3.63) is 0 Å². The van der Waals surface area contributed by atoms with Gasteiger partial charge in [-0.25, -0.2) is 0 Å². The summed E-state index contributed by atoms with van der Waals surface area (Å²) in [5.74, 6) is 0. The molecule has 4 nitrogen and oxygen atoms in total.